The molecule has 0 spiro atoms. The van der Waals surface area contributed by atoms with E-state index in [9.17, 15) is 9.90 Å². The highest BCUT2D eigenvalue weighted by Crippen LogP contribution is 2.54. The van der Waals surface area contributed by atoms with Crippen LogP contribution in [0, 0.1) is 16.7 Å². The zero-order valence-electron chi connectivity index (χ0n) is 11.1. The molecule has 0 aromatic carbocycles. The summed E-state index contributed by atoms with van der Waals surface area (Å²) < 4.78 is 0. The van der Waals surface area contributed by atoms with Crippen LogP contribution in [0.2, 0.25) is 0 Å². The number of carboxylic acids is 1. The largest absolute Gasteiger partial charge is 0.481 e. The second-order valence-electron chi connectivity index (χ2n) is 6.01. The summed E-state index contributed by atoms with van der Waals surface area (Å²) in [5.41, 5.74) is 0.252. The summed E-state index contributed by atoms with van der Waals surface area (Å²) in [5, 5.41) is 9.65. The summed E-state index contributed by atoms with van der Waals surface area (Å²) in [5.74, 6) is -0.210. The third kappa shape index (κ3) is 1.90. The number of aliphatic carboxylic acids is 1. The van der Waals surface area contributed by atoms with Gasteiger partial charge in [-0.1, -0.05) is 45.3 Å². The van der Waals surface area contributed by atoms with E-state index in [-0.39, 0.29) is 5.41 Å². The molecule has 92 valence electrons. The number of hydrogen-bond donors (Lipinski definition) is 1. The lowest BCUT2D eigenvalue weighted by atomic mass is 9.53. The molecule has 0 saturated heterocycles. The van der Waals surface area contributed by atoms with E-state index in [1.807, 2.05) is 19.9 Å². The number of carboxylic acid groups (broad SMARTS) is 1. The molecule has 0 amide bonds. The predicted molar refractivity (Wildman–Crippen MR) is 66.3 cm³/mol. The maximum absolute atomic E-state index is 11.7. The fourth-order valence-electron chi connectivity index (χ4n) is 3.01. The summed E-state index contributed by atoms with van der Waals surface area (Å²) in [6.07, 6.45) is 4.90. The Hall–Kier alpha value is -0.790. The molecule has 1 rings (SSSR count). The van der Waals surface area contributed by atoms with Gasteiger partial charge in [-0.2, -0.15) is 0 Å². The van der Waals surface area contributed by atoms with Crippen LogP contribution < -0.4 is 0 Å². The van der Waals surface area contributed by atoms with E-state index in [0.717, 1.165) is 24.8 Å². The average molecular weight is 224 g/mol. The van der Waals surface area contributed by atoms with Crippen LogP contribution in [-0.4, -0.2) is 11.1 Å². The maximum Gasteiger partial charge on any atom is 0.314 e. The van der Waals surface area contributed by atoms with Crippen molar-refractivity contribution in [3.8, 4) is 0 Å². The first-order valence-corrected chi connectivity index (χ1v) is 6.13. The van der Waals surface area contributed by atoms with E-state index in [1.54, 1.807) is 0 Å². The van der Waals surface area contributed by atoms with Gasteiger partial charge in [-0.15, -0.1) is 0 Å². The molecule has 1 N–H and O–H groups in total. The maximum atomic E-state index is 11.7. The van der Waals surface area contributed by atoms with Gasteiger partial charge in [0.1, 0.15) is 0 Å². The first-order chi connectivity index (χ1) is 7.24. The SMILES string of the molecule is CC(C)=CC1(C(=O)O)CCCC(C)C1(C)C. The predicted octanol–water partition coefficient (Wildman–Crippen LogP) is 3.87. The van der Waals surface area contributed by atoms with Crippen LogP contribution in [0.5, 0.6) is 0 Å². The topological polar surface area (TPSA) is 37.3 Å². The van der Waals surface area contributed by atoms with Gasteiger partial charge in [0.15, 0.2) is 0 Å². The molecule has 2 atom stereocenters. The highest BCUT2D eigenvalue weighted by Gasteiger charge is 2.53. The van der Waals surface area contributed by atoms with Crippen molar-refractivity contribution in [1.29, 1.82) is 0 Å². The molecule has 2 unspecified atom stereocenters. The van der Waals surface area contributed by atoms with Crippen molar-refractivity contribution in [3.05, 3.63) is 11.6 Å². The van der Waals surface area contributed by atoms with E-state index < -0.39 is 11.4 Å². The van der Waals surface area contributed by atoms with Gasteiger partial charge < -0.3 is 5.11 Å². The van der Waals surface area contributed by atoms with Gasteiger partial charge in [0.25, 0.3) is 0 Å². The highest BCUT2D eigenvalue weighted by molar-refractivity contribution is 5.78. The summed E-state index contributed by atoms with van der Waals surface area (Å²) in [4.78, 5) is 11.7. The quantitative estimate of drug-likeness (QED) is 0.723. The minimum absolute atomic E-state index is 0.172. The van der Waals surface area contributed by atoms with E-state index in [2.05, 4.69) is 20.8 Å². The molecule has 1 saturated carbocycles. The van der Waals surface area contributed by atoms with Crippen molar-refractivity contribution in [2.24, 2.45) is 16.7 Å². The van der Waals surface area contributed by atoms with Crippen LogP contribution in [0.3, 0.4) is 0 Å². The molecule has 2 heteroatoms. The Labute approximate surface area is 98.7 Å². The van der Waals surface area contributed by atoms with Crippen LogP contribution in [-0.2, 0) is 4.79 Å². The average Bonchev–Trinajstić information content (AvgIpc) is 2.12. The van der Waals surface area contributed by atoms with E-state index >= 15 is 0 Å². The molecule has 1 aliphatic carbocycles. The molecule has 0 radical (unpaired) electrons. The summed E-state index contributed by atoms with van der Waals surface area (Å²) in [7, 11) is 0. The fourth-order valence-corrected chi connectivity index (χ4v) is 3.01. The van der Waals surface area contributed by atoms with Crippen molar-refractivity contribution >= 4 is 5.97 Å². The normalized spacial score (nSPS) is 33.2. The van der Waals surface area contributed by atoms with Crippen LogP contribution >= 0.6 is 0 Å². The van der Waals surface area contributed by atoms with Crippen molar-refractivity contribution in [1.82, 2.24) is 0 Å². The van der Waals surface area contributed by atoms with E-state index in [1.165, 1.54) is 0 Å². The molecule has 0 aromatic heterocycles. The second kappa shape index (κ2) is 4.23. The molecule has 0 heterocycles. The van der Waals surface area contributed by atoms with Gasteiger partial charge >= 0.3 is 5.97 Å². The zero-order valence-corrected chi connectivity index (χ0v) is 11.1. The minimum atomic E-state index is -0.677. The third-order valence-electron chi connectivity index (χ3n) is 4.51. The fraction of sp³-hybridized carbons (Fsp3) is 0.786. The van der Waals surface area contributed by atoms with Gasteiger partial charge in [-0.3, -0.25) is 4.79 Å². The lowest BCUT2D eigenvalue weighted by Gasteiger charge is -2.49. The summed E-state index contributed by atoms with van der Waals surface area (Å²) >= 11 is 0. The third-order valence-corrected chi connectivity index (χ3v) is 4.51. The number of allylic oxidation sites excluding steroid dienone is 1. The number of rotatable bonds is 2. The number of carbonyl (C=O) groups is 1. The Kier molecular flexibility index (Phi) is 3.51. The Morgan fingerprint density at radius 3 is 2.38 bits per heavy atom. The van der Waals surface area contributed by atoms with Crippen LogP contribution in [0.25, 0.3) is 0 Å². The minimum Gasteiger partial charge on any atom is -0.481 e. The summed E-state index contributed by atoms with van der Waals surface area (Å²) in [6, 6.07) is 0. The Morgan fingerprint density at radius 1 is 1.38 bits per heavy atom. The monoisotopic (exact) mass is 224 g/mol. The molecule has 1 fully saturated rings. The highest BCUT2D eigenvalue weighted by atomic mass is 16.4. The van der Waals surface area contributed by atoms with Crippen LogP contribution in [0.4, 0.5) is 0 Å². The lowest BCUT2D eigenvalue weighted by molar-refractivity contribution is -0.158. The summed E-state index contributed by atoms with van der Waals surface area (Å²) in [6.45, 7) is 10.4. The van der Waals surface area contributed by atoms with Crippen LogP contribution in [0.1, 0.15) is 53.9 Å². The lowest BCUT2D eigenvalue weighted by Crippen LogP contribution is -2.49. The Balaban J connectivity index is 3.28. The van der Waals surface area contributed by atoms with E-state index in [0.29, 0.717) is 5.92 Å². The molecule has 0 aliphatic heterocycles. The number of hydrogen-bond acceptors (Lipinski definition) is 1. The second-order valence-corrected chi connectivity index (χ2v) is 6.01. The molecule has 0 bridgehead atoms. The molecule has 16 heavy (non-hydrogen) atoms. The van der Waals surface area contributed by atoms with Crippen molar-refractivity contribution in [2.45, 2.75) is 53.9 Å². The zero-order chi connectivity index (χ0) is 12.6. The first-order valence-electron chi connectivity index (χ1n) is 6.13. The van der Waals surface area contributed by atoms with Crippen molar-refractivity contribution < 1.29 is 9.90 Å². The van der Waals surface area contributed by atoms with Gasteiger partial charge in [-0.25, -0.2) is 0 Å². The van der Waals surface area contributed by atoms with Gasteiger partial charge in [0.05, 0.1) is 5.41 Å². The van der Waals surface area contributed by atoms with Crippen molar-refractivity contribution in [2.75, 3.05) is 0 Å². The molecule has 2 nitrogen and oxygen atoms in total. The van der Waals surface area contributed by atoms with Crippen molar-refractivity contribution in [3.63, 3.8) is 0 Å². The molecular formula is C14H24O2. The van der Waals surface area contributed by atoms with Gasteiger partial charge in [0.2, 0.25) is 0 Å². The van der Waals surface area contributed by atoms with Gasteiger partial charge in [0, 0.05) is 0 Å². The van der Waals surface area contributed by atoms with Crippen LogP contribution in [0.15, 0.2) is 11.6 Å². The standard InChI is InChI=1S/C14H24O2/c1-10(2)9-14(12(15)16)8-6-7-11(3)13(14,4)5/h9,11H,6-8H2,1-5H3,(H,15,16). The Bertz CT molecular complexity index is 311. The smallest absolute Gasteiger partial charge is 0.314 e. The molecular weight excluding hydrogens is 200 g/mol. The Morgan fingerprint density at radius 2 is 1.94 bits per heavy atom. The van der Waals surface area contributed by atoms with Gasteiger partial charge in [-0.05, 0) is 31.6 Å². The first kappa shape index (κ1) is 13.3. The molecule has 0 aromatic rings. The molecule has 1 aliphatic rings. The van der Waals surface area contributed by atoms with E-state index in [4.69, 9.17) is 0 Å².